The van der Waals surface area contributed by atoms with Gasteiger partial charge in [0, 0.05) is 5.39 Å². The van der Waals surface area contributed by atoms with E-state index >= 15 is 0 Å². The topological polar surface area (TPSA) is 102 Å². The van der Waals surface area contributed by atoms with Crippen LogP contribution in [0.15, 0.2) is 82.5 Å². The normalized spacial score (nSPS) is 15.6. The van der Waals surface area contributed by atoms with Crippen LogP contribution in [-0.2, 0) is 4.79 Å². The highest BCUT2D eigenvalue weighted by atomic mass is 32.1. The molecule has 0 saturated heterocycles. The van der Waals surface area contributed by atoms with Gasteiger partial charge in [-0.2, -0.15) is 0 Å². The van der Waals surface area contributed by atoms with E-state index in [1.165, 1.54) is 30.5 Å². The number of carbonyl (C=O) groups is 2. The van der Waals surface area contributed by atoms with Crippen molar-refractivity contribution in [1.29, 1.82) is 0 Å². The highest BCUT2D eigenvalue weighted by Gasteiger charge is 2.46. The number of nitrogens with zero attached hydrogens (tertiary/aromatic N) is 2. The van der Waals surface area contributed by atoms with Gasteiger partial charge in [-0.3, -0.25) is 14.5 Å². The molecular formula is C29H22N2O6S. The lowest BCUT2D eigenvalue weighted by Gasteiger charge is -2.25. The number of hydrogen-bond acceptors (Lipinski definition) is 8. The Hall–Kier alpha value is -4.63. The number of fused-ring (bicyclic) bond motifs is 2. The fraction of sp³-hybridized carbons (Fsp3) is 0.138. The SMILES string of the molecule is COc1ccc(C2C(C(=O)c3cc4ccccc4o3)=C(O)C(=O)N2c2nc3ccc(C)cc3s2)cc1OC. The molecule has 38 heavy (non-hydrogen) atoms. The monoisotopic (exact) mass is 526 g/mol. The molecule has 3 heterocycles. The van der Waals surface area contributed by atoms with Crippen molar-refractivity contribution in [2.24, 2.45) is 0 Å². The van der Waals surface area contributed by atoms with Gasteiger partial charge in [-0.25, -0.2) is 4.98 Å². The average Bonchev–Trinajstić information content (AvgIpc) is 3.61. The van der Waals surface area contributed by atoms with Crippen LogP contribution < -0.4 is 14.4 Å². The van der Waals surface area contributed by atoms with Gasteiger partial charge in [-0.05, 0) is 54.4 Å². The lowest BCUT2D eigenvalue weighted by molar-refractivity contribution is -0.117. The quantitative estimate of drug-likeness (QED) is 0.265. The number of thiazole rings is 1. The number of hydrogen-bond donors (Lipinski definition) is 1. The Morgan fingerprint density at radius 3 is 2.58 bits per heavy atom. The number of furan rings is 1. The van der Waals surface area contributed by atoms with Gasteiger partial charge < -0.3 is 19.0 Å². The molecule has 0 spiro atoms. The summed E-state index contributed by atoms with van der Waals surface area (Å²) < 4.78 is 17.6. The van der Waals surface area contributed by atoms with Gasteiger partial charge in [0.2, 0.25) is 5.78 Å². The number of para-hydroxylation sites is 1. The Morgan fingerprint density at radius 1 is 1.03 bits per heavy atom. The second-order valence-electron chi connectivity index (χ2n) is 8.90. The van der Waals surface area contributed by atoms with Gasteiger partial charge in [0.25, 0.3) is 5.91 Å². The molecule has 0 radical (unpaired) electrons. The lowest BCUT2D eigenvalue weighted by atomic mass is 9.95. The van der Waals surface area contributed by atoms with E-state index < -0.39 is 23.5 Å². The first-order chi connectivity index (χ1) is 18.4. The molecule has 6 rings (SSSR count). The van der Waals surface area contributed by atoms with E-state index in [1.807, 2.05) is 37.3 Å². The van der Waals surface area contributed by atoms with Gasteiger partial charge in [-0.1, -0.05) is 41.7 Å². The molecule has 1 N–H and O–H groups in total. The molecule has 3 aromatic carbocycles. The number of anilines is 1. The first-order valence-electron chi connectivity index (χ1n) is 11.8. The Kier molecular flexibility index (Phi) is 5.65. The maximum Gasteiger partial charge on any atom is 0.296 e. The number of amides is 1. The van der Waals surface area contributed by atoms with Crippen LogP contribution in [0.3, 0.4) is 0 Å². The number of ketones is 1. The number of aliphatic hydroxyl groups is 1. The number of carbonyl (C=O) groups excluding carboxylic acids is 2. The first-order valence-corrected chi connectivity index (χ1v) is 12.6. The van der Waals surface area contributed by atoms with E-state index in [4.69, 9.17) is 13.9 Å². The summed E-state index contributed by atoms with van der Waals surface area (Å²) >= 11 is 1.31. The van der Waals surface area contributed by atoms with Gasteiger partial charge in [0.15, 0.2) is 28.1 Å². The van der Waals surface area contributed by atoms with Crippen LogP contribution in [0.1, 0.15) is 27.7 Å². The zero-order valence-corrected chi connectivity index (χ0v) is 21.5. The standard InChI is InChI=1S/C29H22N2O6S/c1-15-8-10-18-23(12-15)38-29(30-18)31-25(17-9-11-20(35-2)21(14-17)36-3)24(27(33)28(31)34)26(32)22-13-16-6-4-5-7-19(16)37-22/h4-14,25,33H,1-3H3. The number of aromatic nitrogens is 1. The van der Waals surface area contributed by atoms with Gasteiger partial charge in [0.05, 0.1) is 36.1 Å². The summed E-state index contributed by atoms with van der Waals surface area (Å²) in [6.45, 7) is 1.98. The van der Waals surface area contributed by atoms with Crippen LogP contribution in [0.4, 0.5) is 5.13 Å². The first kappa shape index (κ1) is 23.7. The van der Waals surface area contributed by atoms with Crippen LogP contribution in [-0.4, -0.2) is 36.0 Å². The Bertz CT molecular complexity index is 1750. The second kappa shape index (κ2) is 9.04. The second-order valence-corrected chi connectivity index (χ2v) is 9.91. The number of rotatable bonds is 6. The largest absolute Gasteiger partial charge is 0.503 e. The van der Waals surface area contributed by atoms with Crippen LogP contribution >= 0.6 is 11.3 Å². The number of benzene rings is 3. The molecule has 5 aromatic rings. The number of Topliss-reactive ketones (excluding diaryl/α,β-unsaturated/α-hetero) is 1. The molecule has 0 fully saturated rings. The molecule has 0 bridgehead atoms. The summed E-state index contributed by atoms with van der Waals surface area (Å²) in [5, 5.41) is 12.2. The van der Waals surface area contributed by atoms with Crippen LogP contribution in [0.5, 0.6) is 11.5 Å². The summed E-state index contributed by atoms with van der Waals surface area (Å²) in [5.41, 5.74) is 2.73. The molecule has 1 atom stereocenters. The number of aryl methyl sites for hydroxylation is 1. The highest BCUT2D eigenvalue weighted by Crippen LogP contribution is 2.46. The van der Waals surface area contributed by atoms with Crippen molar-refractivity contribution in [1.82, 2.24) is 4.98 Å². The minimum Gasteiger partial charge on any atom is -0.503 e. The molecule has 0 saturated carbocycles. The highest BCUT2D eigenvalue weighted by molar-refractivity contribution is 7.22. The lowest BCUT2D eigenvalue weighted by Crippen LogP contribution is -2.31. The molecule has 8 nitrogen and oxygen atoms in total. The van der Waals surface area contributed by atoms with E-state index in [1.54, 1.807) is 36.4 Å². The number of ether oxygens (including phenoxy) is 2. The van der Waals surface area contributed by atoms with E-state index in [0.717, 1.165) is 15.6 Å². The molecule has 1 aliphatic heterocycles. The van der Waals surface area contributed by atoms with E-state index in [9.17, 15) is 14.7 Å². The van der Waals surface area contributed by atoms with Crippen LogP contribution in [0.25, 0.3) is 21.2 Å². The third-order valence-electron chi connectivity index (χ3n) is 6.56. The van der Waals surface area contributed by atoms with Gasteiger partial charge >= 0.3 is 0 Å². The van der Waals surface area contributed by atoms with Crippen molar-refractivity contribution in [3.63, 3.8) is 0 Å². The van der Waals surface area contributed by atoms with Crippen molar-refractivity contribution in [3.8, 4) is 11.5 Å². The van der Waals surface area contributed by atoms with Gasteiger partial charge in [0.1, 0.15) is 5.58 Å². The summed E-state index contributed by atoms with van der Waals surface area (Å²) in [7, 11) is 3.02. The van der Waals surface area contributed by atoms with E-state index in [0.29, 0.717) is 33.3 Å². The van der Waals surface area contributed by atoms with Crippen molar-refractivity contribution in [2.45, 2.75) is 13.0 Å². The number of aliphatic hydroxyl groups excluding tert-OH is 1. The molecule has 190 valence electrons. The molecule has 0 aliphatic carbocycles. The summed E-state index contributed by atoms with van der Waals surface area (Å²) in [4.78, 5) is 33.5. The van der Waals surface area contributed by atoms with Crippen molar-refractivity contribution >= 4 is 49.3 Å². The maximum absolute atomic E-state index is 13.9. The molecule has 2 aromatic heterocycles. The molecule has 1 aliphatic rings. The fourth-order valence-corrected chi connectivity index (χ4v) is 5.81. The summed E-state index contributed by atoms with van der Waals surface area (Å²) in [6, 6.07) is 18.8. The van der Waals surface area contributed by atoms with Gasteiger partial charge in [-0.15, -0.1) is 0 Å². The van der Waals surface area contributed by atoms with Crippen LogP contribution in [0, 0.1) is 6.92 Å². The molecule has 1 unspecified atom stereocenters. The predicted octanol–water partition coefficient (Wildman–Crippen LogP) is 6.15. The predicted molar refractivity (Wildman–Crippen MR) is 144 cm³/mol. The summed E-state index contributed by atoms with van der Waals surface area (Å²) in [6.07, 6.45) is 0. The molecule has 9 heteroatoms. The minimum atomic E-state index is -0.982. The minimum absolute atomic E-state index is 0.0211. The molecule has 1 amide bonds. The maximum atomic E-state index is 13.9. The third kappa shape index (κ3) is 3.71. The van der Waals surface area contributed by atoms with Crippen molar-refractivity contribution in [2.75, 3.05) is 19.1 Å². The van der Waals surface area contributed by atoms with Crippen molar-refractivity contribution < 1.29 is 28.6 Å². The zero-order chi connectivity index (χ0) is 26.6. The fourth-order valence-electron chi connectivity index (χ4n) is 4.72. The molecular weight excluding hydrogens is 504 g/mol. The smallest absolute Gasteiger partial charge is 0.296 e. The van der Waals surface area contributed by atoms with Crippen LogP contribution in [0.2, 0.25) is 0 Å². The third-order valence-corrected chi connectivity index (χ3v) is 7.58. The van der Waals surface area contributed by atoms with Crippen molar-refractivity contribution in [3.05, 3.63) is 94.9 Å². The van der Waals surface area contributed by atoms with E-state index in [2.05, 4.69) is 4.98 Å². The average molecular weight is 527 g/mol. The zero-order valence-electron chi connectivity index (χ0n) is 20.7. The Morgan fingerprint density at radius 2 is 1.82 bits per heavy atom. The van der Waals surface area contributed by atoms with E-state index in [-0.39, 0.29) is 11.3 Å². The Labute approximate surface area is 221 Å². The number of methoxy groups -OCH3 is 2. The Balaban J connectivity index is 1.53. The summed E-state index contributed by atoms with van der Waals surface area (Å²) in [5.74, 6) is -1.04.